The average molecular weight is 295 g/mol. The molecule has 6 nitrogen and oxygen atoms in total. The van der Waals surface area contributed by atoms with Crippen LogP contribution in [0.2, 0.25) is 0 Å². The van der Waals surface area contributed by atoms with E-state index in [4.69, 9.17) is 0 Å². The first-order chi connectivity index (χ1) is 9.53. The number of anilines is 1. The Labute approximate surface area is 118 Å². The van der Waals surface area contributed by atoms with Gasteiger partial charge in [-0.15, -0.1) is 0 Å². The van der Waals surface area contributed by atoms with Gasteiger partial charge >= 0.3 is 0 Å². The van der Waals surface area contributed by atoms with Gasteiger partial charge in [-0.1, -0.05) is 24.2 Å². The van der Waals surface area contributed by atoms with Crippen molar-refractivity contribution >= 4 is 15.7 Å². The fourth-order valence-corrected chi connectivity index (χ4v) is 2.85. The van der Waals surface area contributed by atoms with Gasteiger partial charge in [0, 0.05) is 6.04 Å². The Balaban J connectivity index is 2.16. The second-order valence-corrected chi connectivity index (χ2v) is 6.05. The van der Waals surface area contributed by atoms with Crippen molar-refractivity contribution in [3.63, 3.8) is 0 Å². The molecule has 0 radical (unpaired) electrons. The molecule has 0 spiro atoms. The highest BCUT2D eigenvalue weighted by Crippen LogP contribution is 2.18. The van der Waals surface area contributed by atoms with E-state index in [0.29, 0.717) is 5.69 Å². The lowest BCUT2D eigenvalue weighted by Gasteiger charge is -2.13. The Morgan fingerprint density at radius 2 is 2.00 bits per heavy atom. The molecular formula is C13H17N3O3S. The molecule has 1 unspecified atom stereocenters. The number of nitrogens with one attached hydrogen (secondary N) is 2. The van der Waals surface area contributed by atoms with E-state index in [9.17, 15) is 8.42 Å². The smallest absolute Gasteiger partial charge is 0.262 e. The first-order valence-electron chi connectivity index (χ1n) is 6.28. The summed E-state index contributed by atoms with van der Waals surface area (Å²) in [4.78, 5) is 0.200. The van der Waals surface area contributed by atoms with Crippen LogP contribution >= 0.6 is 0 Å². The van der Waals surface area contributed by atoms with E-state index >= 15 is 0 Å². The fraction of sp³-hybridized carbons (Fsp3) is 0.308. The maximum Gasteiger partial charge on any atom is 0.262 e. The zero-order valence-corrected chi connectivity index (χ0v) is 12.1. The van der Waals surface area contributed by atoms with Crippen LogP contribution in [0.1, 0.15) is 25.5 Å². The molecule has 108 valence electrons. The zero-order valence-electron chi connectivity index (χ0n) is 11.3. The molecule has 0 aliphatic heterocycles. The average Bonchev–Trinajstić information content (AvgIpc) is 2.91. The molecule has 1 atom stereocenters. The number of sulfonamides is 1. The van der Waals surface area contributed by atoms with Crippen LogP contribution in [0.5, 0.6) is 0 Å². The van der Waals surface area contributed by atoms with Crippen molar-refractivity contribution in [2.75, 3.05) is 11.3 Å². The predicted octanol–water partition coefficient (Wildman–Crippen LogP) is 2.15. The molecule has 2 N–H and O–H groups in total. The van der Waals surface area contributed by atoms with Crippen molar-refractivity contribution in [2.24, 2.45) is 0 Å². The first kappa shape index (κ1) is 14.5. The fourth-order valence-electron chi connectivity index (χ4n) is 1.83. The lowest BCUT2D eigenvalue weighted by atomic mass is 10.1. The lowest BCUT2D eigenvalue weighted by Crippen LogP contribution is -2.18. The Morgan fingerprint density at radius 1 is 1.30 bits per heavy atom. The third-order valence-corrected chi connectivity index (χ3v) is 4.28. The van der Waals surface area contributed by atoms with Crippen LogP contribution in [0.25, 0.3) is 0 Å². The second-order valence-electron chi connectivity index (χ2n) is 4.37. The van der Waals surface area contributed by atoms with Gasteiger partial charge in [-0.05, 0) is 31.2 Å². The number of rotatable bonds is 6. The topological polar surface area (TPSA) is 84.2 Å². The standard InChI is InChI=1S/C13H17N3O3S/c1-3-14-10(2)11-4-6-13(7-5-11)20(17,18)16-12-8-15-19-9-12/h4-10,14,16H,3H2,1-2H3. The number of nitrogens with zero attached hydrogens (tertiary/aromatic N) is 1. The number of benzene rings is 1. The van der Waals surface area contributed by atoms with Gasteiger partial charge in [0.1, 0.15) is 12.0 Å². The monoisotopic (exact) mass is 295 g/mol. The van der Waals surface area contributed by atoms with Crippen LogP contribution in [0, 0.1) is 0 Å². The van der Waals surface area contributed by atoms with Crippen LogP contribution in [-0.2, 0) is 10.0 Å². The highest BCUT2D eigenvalue weighted by Gasteiger charge is 2.15. The summed E-state index contributed by atoms with van der Waals surface area (Å²) in [5, 5.41) is 6.72. The lowest BCUT2D eigenvalue weighted by molar-refractivity contribution is 0.420. The number of aromatic nitrogens is 1. The third-order valence-electron chi connectivity index (χ3n) is 2.89. The summed E-state index contributed by atoms with van der Waals surface area (Å²) in [6.45, 7) is 4.91. The molecule has 0 saturated heterocycles. The molecule has 1 heterocycles. The molecule has 1 aromatic carbocycles. The summed E-state index contributed by atoms with van der Waals surface area (Å²) < 4.78 is 31.2. The van der Waals surface area contributed by atoms with Crippen molar-refractivity contribution < 1.29 is 12.9 Å². The van der Waals surface area contributed by atoms with Gasteiger partial charge in [-0.3, -0.25) is 4.72 Å². The minimum absolute atomic E-state index is 0.183. The van der Waals surface area contributed by atoms with E-state index in [2.05, 4.69) is 19.7 Å². The van der Waals surface area contributed by atoms with Crippen LogP contribution in [-0.4, -0.2) is 20.1 Å². The van der Waals surface area contributed by atoms with Crippen LogP contribution < -0.4 is 10.0 Å². The predicted molar refractivity (Wildman–Crippen MR) is 75.8 cm³/mol. The molecule has 2 rings (SSSR count). The zero-order chi connectivity index (χ0) is 14.6. The second kappa shape index (κ2) is 6.06. The van der Waals surface area contributed by atoms with Gasteiger partial charge in [-0.25, -0.2) is 8.42 Å². The van der Waals surface area contributed by atoms with Gasteiger partial charge in [0.05, 0.1) is 11.1 Å². The molecule has 0 amide bonds. The van der Waals surface area contributed by atoms with Crippen molar-refractivity contribution in [3.8, 4) is 0 Å². The van der Waals surface area contributed by atoms with Crippen LogP contribution in [0.15, 0.2) is 46.1 Å². The molecule has 7 heteroatoms. The minimum Gasteiger partial charge on any atom is -0.362 e. The molecule has 0 bridgehead atoms. The highest BCUT2D eigenvalue weighted by atomic mass is 32.2. The minimum atomic E-state index is -3.61. The number of hydrogen-bond donors (Lipinski definition) is 2. The molecule has 0 saturated carbocycles. The van der Waals surface area contributed by atoms with E-state index in [-0.39, 0.29) is 10.9 Å². The molecule has 0 aliphatic rings. The molecule has 0 aliphatic carbocycles. The third kappa shape index (κ3) is 3.37. The normalized spacial score (nSPS) is 13.1. The number of hydrogen-bond acceptors (Lipinski definition) is 5. The maximum atomic E-state index is 12.1. The summed E-state index contributed by atoms with van der Waals surface area (Å²) in [6, 6.07) is 6.95. The van der Waals surface area contributed by atoms with Crippen molar-refractivity contribution in [2.45, 2.75) is 24.8 Å². The largest absolute Gasteiger partial charge is 0.362 e. The van der Waals surface area contributed by atoms with Crippen LogP contribution in [0.3, 0.4) is 0 Å². The molecule has 20 heavy (non-hydrogen) atoms. The Morgan fingerprint density at radius 3 is 2.55 bits per heavy atom. The Kier molecular flexibility index (Phi) is 4.41. The van der Waals surface area contributed by atoms with E-state index in [0.717, 1.165) is 12.1 Å². The Hall–Kier alpha value is -1.86. The summed E-state index contributed by atoms with van der Waals surface area (Å²) in [5.74, 6) is 0. The van der Waals surface area contributed by atoms with E-state index in [1.54, 1.807) is 24.3 Å². The molecular weight excluding hydrogens is 278 g/mol. The van der Waals surface area contributed by atoms with Gasteiger partial charge in [-0.2, -0.15) is 0 Å². The van der Waals surface area contributed by atoms with Gasteiger partial charge in [0.2, 0.25) is 0 Å². The van der Waals surface area contributed by atoms with Crippen molar-refractivity contribution in [3.05, 3.63) is 42.3 Å². The maximum absolute atomic E-state index is 12.1. The molecule has 0 fully saturated rings. The van der Waals surface area contributed by atoms with Crippen molar-refractivity contribution in [1.29, 1.82) is 0 Å². The van der Waals surface area contributed by atoms with Gasteiger partial charge in [0.25, 0.3) is 10.0 Å². The van der Waals surface area contributed by atoms with E-state index < -0.39 is 10.0 Å². The summed E-state index contributed by atoms with van der Waals surface area (Å²) in [6.07, 6.45) is 2.54. The SMILES string of the molecule is CCNC(C)c1ccc(S(=O)(=O)Nc2cnoc2)cc1. The Bertz CT molecular complexity index is 636. The highest BCUT2D eigenvalue weighted by molar-refractivity contribution is 7.92. The quantitative estimate of drug-likeness (QED) is 0.853. The van der Waals surface area contributed by atoms with E-state index in [1.807, 2.05) is 13.8 Å². The summed E-state index contributed by atoms with van der Waals surface area (Å²) in [7, 11) is -3.61. The van der Waals surface area contributed by atoms with Crippen molar-refractivity contribution in [1.82, 2.24) is 10.5 Å². The van der Waals surface area contributed by atoms with Gasteiger partial charge < -0.3 is 9.84 Å². The molecule has 2 aromatic rings. The molecule has 1 aromatic heterocycles. The van der Waals surface area contributed by atoms with E-state index in [1.165, 1.54) is 12.5 Å². The summed E-state index contributed by atoms with van der Waals surface area (Å²) in [5.41, 5.74) is 1.34. The first-order valence-corrected chi connectivity index (χ1v) is 7.77. The van der Waals surface area contributed by atoms with Gasteiger partial charge in [0.15, 0.2) is 0 Å². The van der Waals surface area contributed by atoms with Crippen LogP contribution in [0.4, 0.5) is 5.69 Å². The summed E-state index contributed by atoms with van der Waals surface area (Å²) >= 11 is 0.